The topological polar surface area (TPSA) is 91.6 Å². The van der Waals surface area contributed by atoms with E-state index in [2.05, 4.69) is 5.32 Å². The van der Waals surface area contributed by atoms with E-state index in [1.165, 1.54) is 6.20 Å². The lowest BCUT2D eigenvalue weighted by Crippen LogP contribution is -2.73. The Morgan fingerprint density at radius 1 is 1.25 bits per heavy atom. The number of halogens is 1. The number of rotatable bonds is 3. The van der Waals surface area contributed by atoms with E-state index in [0.717, 1.165) is 18.4 Å². The van der Waals surface area contributed by atoms with Gasteiger partial charge in [-0.1, -0.05) is 23.7 Å². The number of hydrogen-bond donors (Lipinski definition) is 2. The summed E-state index contributed by atoms with van der Waals surface area (Å²) < 4.78 is 1.56. The summed E-state index contributed by atoms with van der Waals surface area (Å²) in [5.41, 5.74) is -0.223. The fraction of sp³-hybridized carbons (Fsp3) is 0.350. The first-order valence-corrected chi connectivity index (χ1v) is 9.65. The molecular formula is C20H18ClN3O4. The van der Waals surface area contributed by atoms with Crippen molar-refractivity contribution in [3.63, 3.8) is 0 Å². The molecule has 2 aliphatic heterocycles. The van der Waals surface area contributed by atoms with Crippen LogP contribution >= 0.6 is 11.6 Å². The van der Waals surface area contributed by atoms with Gasteiger partial charge in [0, 0.05) is 36.3 Å². The van der Waals surface area contributed by atoms with Crippen molar-refractivity contribution in [3.8, 4) is 5.75 Å². The first kappa shape index (κ1) is 17.3. The van der Waals surface area contributed by atoms with Gasteiger partial charge >= 0.3 is 0 Å². The van der Waals surface area contributed by atoms with Gasteiger partial charge in [-0.25, -0.2) is 0 Å². The minimum atomic E-state index is -0.827. The molecule has 1 unspecified atom stereocenters. The van der Waals surface area contributed by atoms with Crippen molar-refractivity contribution in [2.24, 2.45) is 5.92 Å². The molecule has 2 fully saturated rings. The van der Waals surface area contributed by atoms with Crippen LogP contribution in [0.4, 0.5) is 0 Å². The van der Waals surface area contributed by atoms with Crippen LogP contribution in [0.2, 0.25) is 5.02 Å². The number of amides is 2. The van der Waals surface area contributed by atoms with Crippen LogP contribution < -0.4 is 10.7 Å². The third-order valence-electron chi connectivity index (χ3n) is 6.16. The number of piperidine rings is 1. The van der Waals surface area contributed by atoms with Crippen molar-refractivity contribution in [2.75, 3.05) is 0 Å². The zero-order chi connectivity index (χ0) is 19.6. The highest BCUT2D eigenvalue weighted by Crippen LogP contribution is 2.50. The van der Waals surface area contributed by atoms with E-state index < -0.39 is 17.1 Å². The highest BCUT2D eigenvalue weighted by Gasteiger charge is 2.58. The van der Waals surface area contributed by atoms with Gasteiger partial charge in [-0.15, -0.1) is 0 Å². The molecule has 0 radical (unpaired) electrons. The molecule has 1 aromatic carbocycles. The van der Waals surface area contributed by atoms with Crippen LogP contribution in [0.15, 0.2) is 35.3 Å². The van der Waals surface area contributed by atoms with Crippen molar-refractivity contribution in [1.29, 1.82) is 0 Å². The van der Waals surface area contributed by atoms with Gasteiger partial charge in [-0.3, -0.25) is 14.4 Å². The fourth-order valence-electron chi connectivity index (χ4n) is 4.61. The summed E-state index contributed by atoms with van der Waals surface area (Å²) in [4.78, 5) is 39.6. The predicted molar refractivity (Wildman–Crippen MR) is 101 cm³/mol. The fourth-order valence-corrected chi connectivity index (χ4v) is 4.82. The zero-order valence-electron chi connectivity index (χ0n) is 14.9. The summed E-state index contributed by atoms with van der Waals surface area (Å²) >= 11 is 5.94. The van der Waals surface area contributed by atoms with Gasteiger partial charge in [-0.2, -0.15) is 0 Å². The van der Waals surface area contributed by atoms with E-state index >= 15 is 0 Å². The SMILES string of the molecule is O=C(NCc1cccc(Cl)c1)c1cn2c(c(O)c1=O)C(=O)N1[C@H]3CCC3[C@@H]1C2. The zero-order valence-corrected chi connectivity index (χ0v) is 15.6. The number of fused-ring (bicyclic) bond motifs is 5. The van der Waals surface area contributed by atoms with Crippen LogP contribution in [0.5, 0.6) is 5.75 Å². The van der Waals surface area contributed by atoms with Crippen LogP contribution in [-0.2, 0) is 13.1 Å². The summed E-state index contributed by atoms with van der Waals surface area (Å²) in [6.45, 7) is 0.686. The number of nitrogens with one attached hydrogen (secondary N) is 1. The van der Waals surface area contributed by atoms with Gasteiger partial charge in [0.15, 0.2) is 11.4 Å². The lowest BCUT2D eigenvalue weighted by molar-refractivity contribution is -0.106. The Balaban J connectivity index is 1.43. The van der Waals surface area contributed by atoms with E-state index in [4.69, 9.17) is 11.6 Å². The standard InChI is InChI=1S/C20H18ClN3O4/c21-11-3-1-2-10(6-11)7-22-19(27)13-8-23-9-15-12-4-5-14(12)24(15)20(28)16(23)18(26)17(13)25/h1-3,6,8,12,14-15,26H,4-5,7,9H2,(H,22,27)/t12?,14-,15-/m0/s1. The summed E-state index contributed by atoms with van der Waals surface area (Å²) in [7, 11) is 0. The van der Waals surface area contributed by atoms with Crippen molar-refractivity contribution >= 4 is 23.4 Å². The maximum absolute atomic E-state index is 12.8. The molecule has 7 nitrogen and oxygen atoms in total. The highest BCUT2D eigenvalue weighted by molar-refractivity contribution is 6.30. The van der Waals surface area contributed by atoms with Gasteiger partial charge in [0.2, 0.25) is 5.43 Å². The first-order chi connectivity index (χ1) is 13.5. The Labute approximate surface area is 165 Å². The van der Waals surface area contributed by atoms with Gasteiger partial charge in [0.25, 0.3) is 11.8 Å². The Hall–Kier alpha value is -2.80. The number of aromatic nitrogens is 1. The molecule has 1 aromatic heterocycles. The molecule has 1 aliphatic carbocycles. The molecule has 2 aromatic rings. The average Bonchev–Trinajstić information content (AvgIpc) is 2.64. The van der Waals surface area contributed by atoms with Crippen molar-refractivity contribution in [1.82, 2.24) is 14.8 Å². The number of pyridine rings is 1. The summed E-state index contributed by atoms with van der Waals surface area (Å²) in [6, 6.07) is 7.35. The van der Waals surface area contributed by atoms with Crippen LogP contribution in [-0.4, -0.2) is 38.5 Å². The molecule has 3 atom stereocenters. The smallest absolute Gasteiger partial charge is 0.275 e. The molecule has 1 saturated heterocycles. The van der Waals surface area contributed by atoms with Gasteiger partial charge in [0.1, 0.15) is 5.56 Å². The Morgan fingerprint density at radius 3 is 2.79 bits per heavy atom. The molecule has 144 valence electrons. The Morgan fingerprint density at radius 2 is 2.07 bits per heavy atom. The van der Waals surface area contributed by atoms with Gasteiger partial charge in [0.05, 0.1) is 6.04 Å². The van der Waals surface area contributed by atoms with Crippen molar-refractivity contribution < 1.29 is 14.7 Å². The predicted octanol–water partition coefficient (Wildman–Crippen LogP) is 1.75. The van der Waals surface area contributed by atoms with E-state index in [1.54, 1.807) is 27.7 Å². The Kier molecular flexibility index (Phi) is 3.77. The van der Waals surface area contributed by atoms with Gasteiger partial charge in [-0.05, 0) is 30.5 Å². The van der Waals surface area contributed by atoms with Crippen LogP contribution in [0.1, 0.15) is 39.3 Å². The minimum absolute atomic E-state index is 0.0157. The number of nitrogens with zero attached hydrogens (tertiary/aromatic N) is 2. The van der Waals surface area contributed by atoms with Crippen LogP contribution in [0.25, 0.3) is 0 Å². The van der Waals surface area contributed by atoms with E-state index in [1.807, 2.05) is 6.07 Å². The minimum Gasteiger partial charge on any atom is -0.503 e. The second kappa shape index (κ2) is 6.10. The number of carbonyl (C=O) groups is 2. The molecule has 28 heavy (non-hydrogen) atoms. The second-order valence-corrected chi connectivity index (χ2v) is 8.06. The van der Waals surface area contributed by atoms with Gasteiger partial charge < -0.3 is 19.9 Å². The molecule has 0 spiro atoms. The van der Waals surface area contributed by atoms with Crippen molar-refractivity contribution in [2.45, 2.75) is 38.0 Å². The number of benzene rings is 1. The van der Waals surface area contributed by atoms with E-state index in [0.29, 0.717) is 17.5 Å². The average molecular weight is 400 g/mol. The number of aromatic hydroxyl groups is 1. The van der Waals surface area contributed by atoms with E-state index in [-0.39, 0.29) is 35.8 Å². The molecule has 8 heteroatoms. The summed E-state index contributed by atoms with van der Waals surface area (Å²) in [5, 5.41) is 13.6. The largest absolute Gasteiger partial charge is 0.503 e. The summed E-state index contributed by atoms with van der Waals surface area (Å²) in [6.07, 6.45) is 3.46. The molecule has 1 saturated carbocycles. The molecule has 5 rings (SSSR count). The normalized spacial score (nSPS) is 24.4. The van der Waals surface area contributed by atoms with E-state index in [9.17, 15) is 19.5 Å². The maximum atomic E-state index is 12.8. The van der Waals surface area contributed by atoms with Crippen LogP contribution in [0, 0.1) is 5.92 Å². The lowest BCUT2D eigenvalue weighted by atomic mass is 9.64. The summed E-state index contributed by atoms with van der Waals surface area (Å²) in [5.74, 6) is -1.08. The third kappa shape index (κ3) is 2.39. The first-order valence-electron chi connectivity index (χ1n) is 9.27. The quantitative estimate of drug-likeness (QED) is 0.822. The third-order valence-corrected chi connectivity index (χ3v) is 6.40. The monoisotopic (exact) mass is 399 g/mol. The molecule has 2 N–H and O–H groups in total. The number of hydrogen-bond acceptors (Lipinski definition) is 4. The molecular weight excluding hydrogens is 382 g/mol. The molecule has 2 amide bonds. The van der Waals surface area contributed by atoms with Crippen molar-refractivity contribution in [3.05, 3.63) is 62.5 Å². The molecule has 3 heterocycles. The number of carbonyl (C=O) groups excluding carboxylic acids is 2. The second-order valence-electron chi connectivity index (χ2n) is 7.62. The molecule has 0 bridgehead atoms. The van der Waals surface area contributed by atoms with Crippen LogP contribution in [0.3, 0.4) is 0 Å². The molecule has 3 aliphatic rings. The maximum Gasteiger partial charge on any atom is 0.275 e. The Bertz CT molecular complexity index is 1080. The highest BCUT2D eigenvalue weighted by atomic mass is 35.5. The lowest BCUT2D eigenvalue weighted by Gasteiger charge is -2.63.